The van der Waals surface area contributed by atoms with Gasteiger partial charge in [0, 0.05) is 24.5 Å². The number of para-hydroxylation sites is 1. The second kappa shape index (κ2) is 6.92. The van der Waals surface area contributed by atoms with E-state index < -0.39 is 0 Å². The van der Waals surface area contributed by atoms with E-state index in [9.17, 15) is 4.79 Å². The van der Waals surface area contributed by atoms with Gasteiger partial charge in [0.2, 0.25) is 0 Å². The lowest BCUT2D eigenvalue weighted by atomic mass is 10.2. The van der Waals surface area contributed by atoms with Crippen LogP contribution in [0.25, 0.3) is 0 Å². The number of fused-ring (bicyclic) bond motifs is 1. The van der Waals surface area contributed by atoms with Gasteiger partial charge in [-0.05, 0) is 37.1 Å². The lowest BCUT2D eigenvalue weighted by Gasteiger charge is -2.19. The highest BCUT2D eigenvalue weighted by Crippen LogP contribution is 2.33. The van der Waals surface area contributed by atoms with Gasteiger partial charge in [-0.3, -0.25) is 9.78 Å². The fourth-order valence-electron chi connectivity index (χ4n) is 3.15. The first-order valence-corrected chi connectivity index (χ1v) is 8.60. The van der Waals surface area contributed by atoms with Crippen LogP contribution in [-0.2, 0) is 13.0 Å². The van der Waals surface area contributed by atoms with Gasteiger partial charge in [0.25, 0.3) is 5.91 Å². The summed E-state index contributed by atoms with van der Waals surface area (Å²) in [5.74, 6) is 1.11. The van der Waals surface area contributed by atoms with E-state index >= 15 is 0 Å². The molecular weight excluding hydrogens is 326 g/mol. The van der Waals surface area contributed by atoms with E-state index in [0.29, 0.717) is 18.1 Å². The summed E-state index contributed by atoms with van der Waals surface area (Å²) in [6, 6.07) is 15.6. The van der Waals surface area contributed by atoms with Gasteiger partial charge in [0.05, 0.1) is 12.2 Å². The van der Waals surface area contributed by atoms with Crippen LogP contribution in [0.1, 0.15) is 27.6 Å². The van der Waals surface area contributed by atoms with Gasteiger partial charge >= 0.3 is 0 Å². The molecule has 1 aliphatic heterocycles. The zero-order valence-corrected chi connectivity index (χ0v) is 14.5. The Hall–Kier alpha value is -3.28. The number of anilines is 2. The average molecular weight is 345 g/mol. The molecular formula is C20H19N5O. The van der Waals surface area contributed by atoms with Gasteiger partial charge in [-0.25, -0.2) is 9.97 Å². The highest BCUT2D eigenvalue weighted by molar-refractivity contribution is 5.93. The minimum absolute atomic E-state index is 0.227. The van der Waals surface area contributed by atoms with Crippen molar-refractivity contribution in [2.75, 3.05) is 11.4 Å². The number of aryl methyl sites for hydroxylation is 1. The van der Waals surface area contributed by atoms with Crippen molar-refractivity contribution >= 4 is 17.4 Å². The van der Waals surface area contributed by atoms with E-state index in [1.807, 2.05) is 30.3 Å². The predicted molar refractivity (Wildman–Crippen MR) is 99.3 cm³/mol. The van der Waals surface area contributed by atoms with E-state index in [0.717, 1.165) is 30.2 Å². The molecule has 0 fully saturated rings. The smallest absolute Gasteiger partial charge is 0.270 e. The van der Waals surface area contributed by atoms with E-state index in [2.05, 4.69) is 37.3 Å². The van der Waals surface area contributed by atoms with Crippen LogP contribution in [0, 0.1) is 6.92 Å². The maximum atomic E-state index is 12.5. The quantitative estimate of drug-likeness (QED) is 0.787. The molecule has 0 unspecified atom stereocenters. The fourth-order valence-corrected chi connectivity index (χ4v) is 3.15. The number of carbonyl (C=O) groups excluding carboxylic acids is 1. The standard InChI is InChI=1S/C20H19N5O/c1-14-23-17(20(26)22-13-16-7-4-5-10-21-16)12-19(24-14)25-11-9-15-6-2-3-8-18(15)25/h2-8,10,12H,9,11,13H2,1H3,(H,22,26). The molecule has 6 nitrogen and oxygen atoms in total. The van der Waals surface area contributed by atoms with Crippen molar-refractivity contribution in [3.8, 4) is 0 Å². The molecule has 26 heavy (non-hydrogen) atoms. The van der Waals surface area contributed by atoms with Gasteiger partial charge in [0.1, 0.15) is 17.3 Å². The van der Waals surface area contributed by atoms with Crippen LogP contribution in [0.5, 0.6) is 0 Å². The zero-order valence-electron chi connectivity index (χ0n) is 14.5. The Kier molecular flexibility index (Phi) is 4.31. The molecule has 3 heterocycles. The number of amides is 1. The maximum absolute atomic E-state index is 12.5. The summed E-state index contributed by atoms with van der Waals surface area (Å²) >= 11 is 0. The van der Waals surface area contributed by atoms with Crippen molar-refractivity contribution in [1.82, 2.24) is 20.3 Å². The van der Waals surface area contributed by atoms with Gasteiger partial charge in [-0.1, -0.05) is 24.3 Å². The lowest BCUT2D eigenvalue weighted by Crippen LogP contribution is -2.25. The first-order valence-electron chi connectivity index (χ1n) is 8.60. The van der Waals surface area contributed by atoms with Crippen LogP contribution in [0.15, 0.2) is 54.7 Å². The lowest BCUT2D eigenvalue weighted by molar-refractivity contribution is 0.0945. The largest absolute Gasteiger partial charge is 0.345 e. The third kappa shape index (κ3) is 3.26. The summed E-state index contributed by atoms with van der Waals surface area (Å²) in [5.41, 5.74) is 3.61. The van der Waals surface area contributed by atoms with Gasteiger partial charge in [-0.15, -0.1) is 0 Å². The Morgan fingerprint density at radius 1 is 1.15 bits per heavy atom. The van der Waals surface area contributed by atoms with Crippen molar-refractivity contribution in [3.63, 3.8) is 0 Å². The molecule has 1 aromatic carbocycles. The van der Waals surface area contributed by atoms with E-state index in [4.69, 9.17) is 0 Å². The third-order valence-electron chi connectivity index (χ3n) is 4.38. The molecule has 0 atom stereocenters. The number of hydrogen-bond acceptors (Lipinski definition) is 5. The molecule has 130 valence electrons. The van der Waals surface area contributed by atoms with Crippen molar-refractivity contribution in [2.24, 2.45) is 0 Å². The summed E-state index contributed by atoms with van der Waals surface area (Å²) < 4.78 is 0. The molecule has 0 spiro atoms. The summed E-state index contributed by atoms with van der Waals surface area (Å²) in [4.78, 5) is 27.7. The van der Waals surface area contributed by atoms with E-state index in [1.165, 1.54) is 5.56 Å². The Labute approximate surface area is 151 Å². The number of hydrogen-bond donors (Lipinski definition) is 1. The molecule has 0 aliphatic carbocycles. The Morgan fingerprint density at radius 3 is 2.85 bits per heavy atom. The second-order valence-corrected chi connectivity index (χ2v) is 6.19. The second-order valence-electron chi connectivity index (χ2n) is 6.19. The molecule has 0 radical (unpaired) electrons. The SMILES string of the molecule is Cc1nc(C(=O)NCc2ccccn2)cc(N2CCc3ccccc32)n1. The third-order valence-corrected chi connectivity index (χ3v) is 4.38. The molecule has 3 aromatic rings. The van der Waals surface area contributed by atoms with Crippen LogP contribution in [0.2, 0.25) is 0 Å². The molecule has 1 aliphatic rings. The number of pyridine rings is 1. The number of nitrogens with zero attached hydrogens (tertiary/aromatic N) is 4. The Bertz CT molecular complexity index is 942. The van der Waals surface area contributed by atoms with Crippen LogP contribution >= 0.6 is 0 Å². The van der Waals surface area contributed by atoms with Crippen LogP contribution in [-0.4, -0.2) is 27.4 Å². The molecule has 2 aromatic heterocycles. The summed E-state index contributed by atoms with van der Waals surface area (Å²) in [6.45, 7) is 3.02. The number of carbonyl (C=O) groups is 1. The first kappa shape index (κ1) is 16.2. The fraction of sp³-hybridized carbons (Fsp3) is 0.200. The molecule has 0 saturated carbocycles. The molecule has 0 bridgehead atoms. The Balaban J connectivity index is 1.56. The number of nitrogens with one attached hydrogen (secondary N) is 1. The van der Waals surface area contributed by atoms with Crippen molar-refractivity contribution < 1.29 is 4.79 Å². The van der Waals surface area contributed by atoms with Crippen molar-refractivity contribution in [1.29, 1.82) is 0 Å². The minimum atomic E-state index is -0.227. The topological polar surface area (TPSA) is 71.0 Å². The van der Waals surface area contributed by atoms with Crippen LogP contribution < -0.4 is 10.2 Å². The predicted octanol–water partition coefficient (Wildman–Crippen LogP) is 2.80. The summed E-state index contributed by atoms with van der Waals surface area (Å²) in [5, 5.41) is 2.87. The number of aromatic nitrogens is 3. The van der Waals surface area contributed by atoms with E-state index in [-0.39, 0.29) is 5.91 Å². The molecule has 0 saturated heterocycles. The zero-order chi connectivity index (χ0) is 17.9. The van der Waals surface area contributed by atoms with Gasteiger partial charge in [0.15, 0.2) is 0 Å². The van der Waals surface area contributed by atoms with E-state index in [1.54, 1.807) is 19.2 Å². The number of rotatable bonds is 4. The molecule has 1 N–H and O–H groups in total. The molecule has 6 heteroatoms. The van der Waals surface area contributed by atoms with Crippen molar-refractivity contribution in [3.05, 3.63) is 77.5 Å². The van der Waals surface area contributed by atoms with Crippen LogP contribution in [0.3, 0.4) is 0 Å². The van der Waals surface area contributed by atoms with Crippen molar-refractivity contribution in [2.45, 2.75) is 19.9 Å². The summed E-state index contributed by atoms with van der Waals surface area (Å²) in [7, 11) is 0. The monoisotopic (exact) mass is 345 g/mol. The van der Waals surface area contributed by atoms with Gasteiger partial charge < -0.3 is 10.2 Å². The van der Waals surface area contributed by atoms with Gasteiger partial charge in [-0.2, -0.15) is 0 Å². The summed E-state index contributed by atoms with van der Waals surface area (Å²) in [6.07, 6.45) is 2.68. The molecule has 4 rings (SSSR count). The highest BCUT2D eigenvalue weighted by atomic mass is 16.1. The first-order chi connectivity index (χ1) is 12.7. The highest BCUT2D eigenvalue weighted by Gasteiger charge is 2.22. The molecule has 1 amide bonds. The Morgan fingerprint density at radius 2 is 2.00 bits per heavy atom. The maximum Gasteiger partial charge on any atom is 0.270 e. The average Bonchev–Trinajstić information content (AvgIpc) is 3.10. The van der Waals surface area contributed by atoms with Crippen LogP contribution in [0.4, 0.5) is 11.5 Å². The number of benzene rings is 1. The minimum Gasteiger partial charge on any atom is -0.345 e. The normalized spacial score (nSPS) is 12.7.